The zero-order chi connectivity index (χ0) is 7.56. The number of halogens is 3. The molecular formula is C6H13Cl2FN2O. The third kappa shape index (κ3) is 3.56. The maximum atomic E-state index is 12.7. The van der Waals surface area contributed by atoms with Gasteiger partial charge < -0.3 is 11.1 Å². The van der Waals surface area contributed by atoms with Crippen molar-refractivity contribution in [2.45, 2.75) is 12.6 Å². The molecule has 6 heteroatoms. The first-order valence-electron chi connectivity index (χ1n) is 3.36. The predicted molar refractivity (Wildman–Crippen MR) is 49.6 cm³/mol. The van der Waals surface area contributed by atoms with Gasteiger partial charge in [-0.15, -0.1) is 24.8 Å². The average molecular weight is 219 g/mol. The van der Waals surface area contributed by atoms with Crippen molar-refractivity contribution in [1.29, 1.82) is 0 Å². The molecule has 1 fully saturated rings. The molecule has 0 bridgehead atoms. The first kappa shape index (κ1) is 14.5. The maximum Gasteiger partial charge on any atom is 0.223 e. The second-order valence-electron chi connectivity index (χ2n) is 2.52. The zero-order valence-corrected chi connectivity index (χ0v) is 8.09. The minimum atomic E-state index is -1.09. The standard InChI is InChI=1S/C6H11FN2O.2ClH/c7-5-3-9-2-1-4(5)6(8)10;;/h4-5,9H,1-3H2,(H2,8,10);2*1H. The van der Waals surface area contributed by atoms with Gasteiger partial charge in [0.15, 0.2) is 0 Å². The number of piperidine rings is 1. The molecular weight excluding hydrogens is 206 g/mol. The monoisotopic (exact) mass is 218 g/mol. The lowest BCUT2D eigenvalue weighted by atomic mass is 9.96. The number of hydrogen-bond donors (Lipinski definition) is 2. The van der Waals surface area contributed by atoms with E-state index in [0.29, 0.717) is 13.0 Å². The molecule has 1 amide bonds. The van der Waals surface area contributed by atoms with Gasteiger partial charge in [-0.05, 0) is 13.0 Å². The van der Waals surface area contributed by atoms with Crippen molar-refractivity contribution >= 4 is 30.7 Å². The lowest BCUT2D eigenvalue weighted by Gasteiger charge is -2.23. The minimum absolute atomic E-state index is 0. The summed E-state index contributed by atoms with van der Waals surface area (Å²) >= 11 is 0. The van der Waals surface area contributed by atoms with E-state index in [0.717, 1.165) is 0 Å². The van der Waals surface area contributed by atoms with Crippen LogP contribution in [-0.4, -0.2) is 25.2 Å². The quantitative estimate of drug-likeness (QED) is 0.664. The molecule has 0 spiro atoms. The Labute approximate surface area is 83.1 Å². The molecule has 0 radical (unpaired) electrons. The molecule has 0 saturated carbocycles. The van der Waals surface area contributed by atoms with Crippen molar-refractivity contribution in [3.05, 3.63) is 0 Å². The van der Waals surface area contributed by atoms with Gasteiger partial charge in [-0.2, -0.15) is 0 Å². The van der Waals surface area contributed by atoms with Crippen molar-refractivity contribution in [3.63, 3.8) is 0 Å². The highest BCUT2D eigenvalue weighted by Gasteiger charge is 2.28. The van der Waals surface area contributed by atoms with Crippen molar-refractivity contribution in [2.24, 2.45) is 11.7 Å². The van der Waals surface area contributed by atoms with Crippen LogP contribution in [0.2, 0.25) is 0 Å². The summed E-state index contributed by atoms with van der Waals surface area (Å²) in [6.07, 6.45) is -0.567. The van der Waals surface area contributed by atoms with Crippen LogP contribution < -0.4 is 11.1 Å². The van der Waals surface area contributed by atoms with Crippen molar-refractivity contribution in [3.8, 4) is 0 Å². The van der Waals surface area contributed by atoms with Crippen LogP contribution in [0, 0.1) is 5.92 Å². The van der Waals surface area contributed by atoms with Crippen molar-refractivity contribution in [1.82, 2.24) is 5.32 Å². The summed E-state index contributed by atoms with van der Waals surface area (Å²) in [5, 5.41) is 2.84. The van der Waals surface area contributed by atoms with Crippen LogP contribution in [0.15, 0.2) is 0 Å². The number of carbonyl (C=O) groups is 1. The Morgan fingerprint density at radius 3 is 2.42 bits per heavy atom. The van der Waals surface area contributed by atoms with Gasteiger partial charge in [-0.3, -0.25) is 4.79 Å². The number of nitrogens with one attached hydrogen (secondary N) is 1. The van der Waals surface area contributed by atoms with Crippen molar-refractivity contribution in [2.75, 3.05) is 13.1 Å². The molecule has 1 heterocycles. The molecule has 1 aliphatic rings. The van der Waals surface area contributed by atoms with Gasteiger partial charge in [0.25, 0.3) is 0 Å². The summed E-state index contributed by atoms with van der Waals surface area (Å²) < 4.78 is 12.7. The molecule has 1 saturated heterocycles. The Kier molecular flexibility index (Phi) is 7.78. The predicted octanol–water partition coefficient (Wildman–Crippen LogP) is 0.263. The molecule has 74 valence electrons. The van der Waals surface area contributed by atoms with Gasteiger partial charge in [0.2, 0.25) is 5.91 Å². The van der Waals surface area contributed by atoms with E-state index in [9.17, 15) is 9.18 Å². The van der Waals surface area contributed by atoms with Crippen LogP contribution in [0.3, 0.4) is 0 Å². The number of alkyl halides is 1. The lowest BCUT2D eigenvalue weighted by molar-refractivity contribution is -0.124. The number of hydrogen-bond acceptors (Lipinski definition) is 2. The van der Waals surface area contributed by atoms with E-state index < -0.39 is 18.0 Å². The topological polar surface area (TPSA) is 55.1 Å². The highest BCUT2D eigenvalue weighted by atomic mass is 35.5. The number of nitrogens with two attached hydrogens (primary N) is 1. The third-order valence-corrected chi connectivity index (χ3v) is 1.77. The second kappa shape index (κ2) is 6.46. The molecule has 1 rings (SSSR count). The maximum absolute atomic E-state index is 12.7. The van der Waals surface area contributed by atoms with Gasteiger partial charge in [0.05, 0.1) is 5.92 Å². The fourth-order valence-electron chi connectivity index (χ4n) is 1.14. The van der Waals surface area contributed by atoms with Crippen LogP contribution in [0.4, 0.5) is 4.39 Å². The fourth-order valence-corrected chi connectivity index (χ4v) is 1.14. The molecule has 1 aliphatic heterocycles. The molecule has 0 aromatic rings. The Bertz CT molecular complexity index is 148. The van der Waals surface area contributed by atoms with E-state index in [2.05, 4.69) is 5.32 Å². The van der Waals surface area contributed by atoms with E-state index >= 15 is 0 Å². The fraction of sp³-hybridized carbons (Fsp3) is 0.833. The number of amides is 1. The summed E-state index contributed by atoms with van der Waals surface area (Å²) in [6.45, 7) is 0.946. The molecule has 0 aromatic carbocycles. The van der Waals surface area contributed by atoms with Crippen molar-refractivity contribution < 1.29 is 9.18 Å². The normalized spacial score (nSPS) is 28.1. The van der Waals surface area contributed by atoms with Crippen LogP contribution >= 0.6 is 24.8 Å². The number of primary amides is 1. The summed E-state index contributed by atoms with van der Waals surface area (Å²) in [4.78, 5) is 10.5. The first-order chi connectivity index (χ1) is 4.72. The molecule has 2 unspecified atom stereocenters. The zero-order valence-electron chi connectivity index (χ0n) is 6.46. The third-order valence-electron chi connectivity index (χ3n) is 1.77. The van der Waals surface area contributed by atoms with Gasteiger partial charge >= 0.3 is 0 Å². The Morgan fingerprint density at radius 1 is 1.50 bits per heavy atom. The Morgan fingerprint density at radius 2 is 2.08 bits per heavy atom. The summed E-state index contributed by atoms with van der Waals surface area (Å²) in [7, 11) is 0. The molecule has 3 N–H and O–H groups in total. The number of rotatable bonds is 1. The van der Waals surface area contributed by atoms with E-state index in [1.807, 2.05) is 0 Å². The van der Waals surface area contributed by atoms with E-state index in [4.69, 9.17) is 5.73 Å². The largest absolute Gasteiger partial charge is 0.369 e. The Hall–Kier alpha value is -0.0600. The molecule has 2 atom stereocenters. The molecule has 12 heavy (non-hydrogen) atoms. The van der Waals surface area contributed by atoms with Crippen LogP contribution in [0.5, 0.6) is 0 Å². The smallest absolute Gasteiger partial charge is 0.223 e. The van der Waals surface area contributed by atoms with Gasteiger partial charge in [0.1, 0.15) is 6.17 Å². The Balaban J connectivity index is 0. The highest BCUT2D eigenvalue weighted by molar-refractivity contribution is 5.85. The molecule has 0 aliphatic carbocycles. The summed E-state index contributed by atoms with van der Waals surface area (Å²) in [6, 6.07) is 0. The van der Waals surface area contributed by atoms with Crippen LogP contribution in [0.1, 0.15) is 6.42 Å². The summed E-state index contributed by atoms with van der Waals surface area (Å²) in [5.41, 5.74) is 4.95. The van der Waals surface area contributed by atoms with Gasteiger partial charge in [-0.25, -0.2) is 4.39 Å². The SMILES string of the molecule is Cl.Cl.NC(=O)C1CCNCC1F. The number of carbonyl (C=O) groups excluding carboxylic acids is 1. The molecule has 3 nitrogen and oxygen atoms in total. The average Bonchev–Trinajstić information content (AvgIpc) is 1.88. The lowest BCUT2D eigenvalue weighted by Crippen LogP contribution is -2.43. The first-order valence-corrected chi connectivity index (χ1v) is 3.36. The molecule has 0 aromatic heterocycles. The second-order valence-corrected chi connectivity index (χ2v) is 2.52. The van der Waals surface area contributed by atoms with E-state index in [1.54, 1.807) is 0 Å². The van der Waals surface area contributed by atoms with Crippen LogP contribution in [-0.2, 0) is 4.79 Å². The van der Waals surface area contributed by atoms with Gasteiger partial charge in [0, 0.05) is 6.54 Å². The van der Waals surface area contributed by atoms with Gasteiger partial charge in [-0.1, -0.05) is 0 Å². The van der Waals surface area contributed by atoms with Crippen LogP contribution in [0.25, 0.3) is 0 Å². The summed E-state index contributed by atoms with van der Waals surface area (Å²) in [5.74, 6) is -1.09. The van der Waals surface area contributed by atoms with E-state index in [-0.39, 0.29) is 31.4 Å². The minimum Gasteiger partial charge on any atom is -0.369 e. The van der Waals surface area contributed by atoms with E-state index in [1.165, 1.54) is 0 Å². The highest BCUT2D eigenvalue weighted by Crippen LogP contribution is 2.14.